The molecule has 0 aliphatic carbocycles. The molecule has 1 fully saturated rings. The summed E-state index contributed by atoms with van der Waals surface area (Å²) in [7, 11) is 0. The summed E-state index contributed by atoms with van der Waals surface area (Å²) in [5.41, 5.74) is 0.745. The van der Waals surface area contributed by atoms with E-state index in [1.54, 1.807) is 18.3 Å². The maximum Gasteiger partial charge on any atom is 0.319 e. The predicted molar refractivity (Wildman–Crippen MR) is 67.1 cm³/mol. The second kappa shape index (κ2) is 5.05. The predicted octanol–water partition coefficient (Wildman–Crippen LogP) is 2.89. The highest BCUT2D eigenvalue weighted by atomic mass is 32.2. The summed E-state index contributed by atoms with van der Waals surface area (Å²) in [4.78, 5) is 15.4. The van der Waals surface area contributed by atoms with Gasteiger partial charge >= 0.3 is 5.97 Å². The second-order valence-corrected chi connectivity index (χ2v) is 5.21. The smallest absolute Gasteiger partial charge is 0.319 e. The van der Waals surface area contributed by atoms with Crippen LogP contribution >= 0.6 is 11.8 Å². The fourth-order valence-electron chi connectivity index (χ4n) is 1.77. The average molecular weight is 279 g/mol. The Morgan fingerprint density at radius 1 is 1.32 bits per heavy atom. The molecule has 0 radical (unpaired) electrons. The summed E-state index contributed by atoms with van der Waals surface area (Å²) >= 11 is 1.25. The number of cyclic esters (lactones) is 1. The lowest BCUT2D eigenvalue weighted by molar-refractivity contribution is -0.137. The Hall–Kier alpha value is -1.82. The molecule has 0 amide bonds. The molecule has 1 aromatic carbocycles. The van der Waals surface area contributed by atoms with E-state index in [1.165, 1.54) is 23.9 Å². The van der Waals surface area contributed by atoms with Gasteiger partial charge in [0.15, 0.2) is 5.76 Å². The molecule has 2 aromatic rings. The van der Waals surface area contributed by atoms with Gasteiger partial charge in [0.25, 0.3) is 5.22 Å². The third-order valence-corrected chi connectivity index (χ3v) is 3.85. The highest BCUT2D eigenvalue weighted by Gasteiger charge is 2.29. The number of esters is 1. The molecule has 0 saturated carbocycles. The van der Waals surface area contributed by atoms with Gasteiger partial charge in [0, 0.05) is 12.0 Å². The molecule has 0 spiro atoms. The summed E-state index contributed by atoms with van der Waals surface area (Å²) in [6.45, 7) is 0.446. The van der Waals surface area contributed by atoms with Crippen molar-refractivity contribution in [1.29, 1.82) is 0 Å². The molecular formula is C13H10FNO3S. The van der Waals surface area contributed by atoms with E-state index in [2.05, 4.69) is 4.98 Å². The first-order valence-corrected chi connectivity index (χ1v) is 6.65. The van der Waals surface area contributed by atoms with E-state index >= 15 is 0 Å². The lowest BCUT2D eigenvalue weighted by atomic mass is 10.2. The van der Waals surface area contributed by atoms with Crippen LogP contribution in [0.5, 0.6) is 0 Å². The minimum atomic E-state index is -0.299. The number of rotatable bonds is 3. The Morgan fingerprint density at radius 2 is 2.11 bits per heavy atom. The number of thioether (sulfide) groups is 1. The maximum absolute atomic E-state index is 12.8. The number of carbonyl (C=O) groups is 1. The number of halogens is 1. The number of benzene rings is 1. The van der Waals surface area contributed by atoms with Gasteiger partial charge in [0.05, 0.1) is 12.8 Å². The quantitative estimate of drug-likeness (QED) is 0.809. The number of hydrogen-bond donors (Lipinski definition) is 0. The van der Waals surface area contributed by atoms with Crippen LogP contribution in [0.2, 0.25) is 0 Å². The van der Waals surface area contributed by atoms with Crippen molar-refractivity contribution in [3.8, 4) is 11.3 Å². The van der Waals surface area contributed by atoms with Crippen molar-refractivity contribution in [3.63, 3.8) is 0 Å². The van der Waals surface area contributed by atoms with Gasteiger partial charge in [0.1, 0.15) is 11.1 Å². The van der Waals surface area contributed by atoms with E-state index in [9.17, 15) is 9.18 Å². The summed E-state index contributed by atoms with van der Waals surface area (Å²) in [6, 6.07) is 5.96. The van der Waals surface area contributed by atoms with Crippen LogP contribution in [0.4, 0.5) is 4.39 Å². The normalized spacial score (nSPS) is 18.6. The summed E-state index contributed by atoms with van der Waals surface area (Å²) in [5.74, 6) is 0.0203. The molecule has 3 rings (SSSR count). The largest absolute Gasteiger partial charge is 0.465 e. The topological polar surface area (TPSA) is 52.3 Å². The van der Waals surface area contributed by atoms with Gasteiger partial charge in [-0.05, 0) is 24.3 Å². The molecule has 98 valence electrons. The lowest BCUT2D eigenvalue weighted by Crippen LogP contribution is -2.09. The zero-order chi connectivity index (χ0) is 13.2. The Morgan fingerprint density at radius 3 is 2.79 bits per heavy atom. The van der Waals surface area contributed by atoms with Gasteiger partial charge in [-0.25, -0.2) is 9.37 Å². The van der Waals surface area contributed by atoms with Crippen molar-refractivity contribution in [1.82, 2.24) is 4.98 Å². The van der Waals surface area contributed by atoms with E-state index in [-0.39, 0.29) is 17.0 Å². The summed E-state index contributed by atoms with van der Waals surface area (Å²) in [6.07, 6.45) is 2.23. The molecule has 4 nitrogen and oxygen atoms in total. The van der Waals surface area contributed by atoms with Gasteiger partial charge in [-0.15, -0.1) is 0 Å². The molecule has 6 heteroatoms. The van der Waals surface area contributed by atoms with Crippen LogP contribution in [0.3, 0.4) is 0 Å². The van der Waals surface area contributed by atoms with Crippen molar-refractivity contribution in [2.75, 3.05) is 6.61 Å². The summed E-state index contributed by atoms with van der Waals surface area (Å²) in [5, 5.41) is 0.169. The fraction of sp³-hybridized carbons (Fsp3) is 0.231. The van der Waals surface area contributed by atoms with Gasteiger partial charge in [-0.2, -0.15) is 0 Å². The van der Waals surface area contributed by atoms with Crippen LogP contribution in [0.1, 0.15) is 6.42 Å². The number of nitrogens with zero attached hydrogens (tertiary/aromatic N) is 1. The van der Waals surface area contributed by atoms with Crippen LogP contribution in [0.25, 0.3) is 11.3 Å². The monoisotopic (exact) mass is 279 g/mol. The van der Waals surface area contributed by atoms with Gasteiger partial charge in [-0.1, -0.05) is 11.8 Å². The first kappa shape index (κ1) is 12.2. The summed E-state index contributed by atoms with van der Waals surface area (Å²) < 4.78 is 23.2. The Kier molecular flexibility index (Phi) is 3.25. The fourth-order valence-corrected chi connectivity index (χ4v) is 2.64. The average Bonchev–Trinajstić information content (AvgIpc) is 3.01. The molecule has 1 unspecified atom stereocenters. The van der Waals surface area contributed by atoms with Gasteiger partial charge in [0.2, 0.25) is 0 Å². The number of ether oxygens (including phenoxy) is 1. The van der Waals surface area contributed by atoms with Crippen molar-refractivity contribution in [2.24, 2.45) is 0 Å². The van der Waals surface area contributed by atoms with Crippen LogP contribution in [-0.2, 0) is 9.53 Å². The number of oxazole rings is 1. The van der Waals surface area contributed by atoms with Gasteiger partial charge < -0.3 is 9.15 Å². The highest BCUT2D eigenvalue weighted by molar-refractivity contribution is 8.00. The molecule has 1 aliphatic heterocycles. The Balaban J connectivity index is 1.75. The maximum atomic E-state index is 12.8. The zero-order valence-electron chi connectivity index (χ0n) is 9.84. The Labute approximate surface area is 113 Å². The first-order valence-electron chi connectivity index (χ1n) is 5.77. The van der Waals surface area contributed by atoms with Crippen molar-refractivity contribution < 1.29 is 18.3 Å². The third kappa shape index (κ3) is 2.63. The molecule has 0 bridgehead atoms. The van der Waals surface area contributed by atoms with Crippen LogP contribution < -0.4 is 0 Å². The molecule has 1 aliphatic rings. The van der Waals surface area contributed by atoms with E-state index in [0.717, 1.165) is 5.56 Å². The SMILES string of the molecule is O=C1OCCC1Sc1ncc(-c2ccc(F)cc2)o1. The molecular weight excluding hydrogens is 269 g/mol. The van der Waals surface area contributed by atoms with Gasteiger partial charge in [-0.3, -0.25) is 4.79 Å². The highest BCUT2D eigenvalue weighted by Crippen LogP contribution is 2.31. The third-order valence-electron chi connectivity index (χ3n) is 2.74. The second-order valence-electron chi connectivity index (χ2n) is 4.06. The number of carbonyl (C=O) groups excluding carboxylic acids is 1. The van der Waals surface area contributed by atoms with Crippen molar-refractivity contribution in [3.05, 3.63) is 36.3 Å². The van der Waals surface area contributed by atoms with E-state index in [0.29, 0.717) is 24.0 Å². The molecule has 1 saturated heterocycles. The van der Waals surface area contributed by atoms with Crippen molar-refractivity contribution in [2.45, 2.75) is 16.9 Å². The molecule has 19 heavy (non-hydrogen) atoms. The molecule has 2 heterocycles. The zero-order valence-corrected chi connectivity index (χ0v) is 10.7. The number of hydrogen-bond acceptors (Lipinski definition) is 5. The number of aromatic nitrogens is 1. The Bertz CT molecular complexity index is 596. The van der Waals surface area contributed by atoms with Crippen LogP contribution in [0.15, 0.2) is 40.1 Å². The lowest BCUT2D eigenvalue weighted by Gasteiger charge is -2.00. The van der Waals surface area contributed by atoms with E-state index in [1.807, 2.05) is 0 Å². The van der Waals surface area contributed by atoms with E-state index in [4.69, 9.17) is 9.15 Å². The first-order chi connectivity index (χ1) is 9.22. The molecule has 0 N–H and O–H groups in total. The minimum absolute atomic E-state index is 0.230. The van der Waals surface area contributed by atoms with Crippen LogP contribution in [0, 0.1) is 5.82 Å². The van der Waals surface area contributed by atoms with Crippen molar-refractivity contribution >= 4 is 17.7 Å². The molecule has 1 aromatic heterocycles. The van der Waals surface area contributed by atoms with E-state index < -0.39 is 0 Å². The molecule has 1 atom stereocenters. The minimum Gasteiger partial charge on any atom is -0.465 e. The standard InChI is InChI=1S/C13H10FNO3S/c14-9-3-1-8(2-4-9)10-7-15-13(18-10)19-11-5-6-17-12(11)16/h1-4,7,11H,5-6H2. The van der Waals surface area contributed by atoms with Crippen LogP contribution in [-0.4, -0.2) is 22.8 Å².